The minimum Gasteiger partial charge on any atom is -0.454 e. The number of rotatable bonds is 4. The fourth-order valence-electron chi connectivity index (χ4n) is 4.47. The van der Waals surface area contributed by atoms with Crippen molar-refractivity contribution in [2.75, 3.05) is 33.0 Å². The molecule has 0 spiro atoms. The Kier molecular flexibility index (Phi) is 4.41. The molecule has 132 valence electrons. The number of nitrogens with zero attached hydrogens (tertiary/aromatic N) is 2. The van der Waals surface area contributed by atoms with Gasteiger partial charge in [-0.2, -0.15) is 0 Å². The summed E-state index contributed by atoms with van der Waals surface area (Å²) in [4.78, 5) is 5.07. The van der Waals surface area contributed by atoms with E-state index >= 15 is 0 Å². The number of benzene rings is 1. The van der Waals surface area contributed by atoms with Gasteiger partial charge in [0, 0.05) is 38.3 Å². The summed E-state index contributed by atoms with van der Waals surface area (Å²) >= 11 is 0. The Balaban J connectivity index is 1.35. The van der Waals surface area contributed by atoms with Crippen LogP contribution in [0.25, 0.3) is 0 Å². The Labute approximate surface area is 144 Å². The van der Waals surface area contributed by atoms with Gasteiger partial charge in [-0.25, -0.2) is 0 Å². The van der Waals surface area contributed by atoms with E-state index in [0.29, 0.717) is 24.8 Å². The molecule has 0 bridgehead atoms. The fourth-order valence-corrected chi connectivity index (χ4v) is 4.47. The van der Waals surface area contributed by atoms with Crippen LogP contribution in [0.3, 0.4) is 0 Å². The molecule has 4 atom stereocenters. The van der Waals surface area contributed by atoms with Gasteiger partial charge >= 0.3 is 0 Å². The molecule has 0 aromatic heterocycles. The highest BCUT2D eigenvalue weighted by molar-refractivity contribution is 5.44. The lowest BCUT2D eigenvalue weighted by Gasteiger charge is -2.43. The number of ether oxygens (including phenoxy) is 2. The van der Waals surface area contributed by atoms with Crippen LogP contribution in [0.4, 0.5) is 0 Å². The van der Waals surface area contributed by atoms with Crippen LogP contribution in [0.1, 0.15) is 25.8 Å². The molecule has 3 aliphatic heterocycles. The summed E-state index contributed by atoms with van der Waals surface area (Å²) in [6.07, 6.45) is 1.85. The van der Waals surface area contributed by atoms with Gasteiger partial charge in [-0.3, -0.25) is 9.80 Å². The van der Waals surface area contributed by atoms with Gasteiger partial charge in [0.15, 0.2) is 11.5 Å². The molecule has 1 N–H and O–H groups in total. The van der Waals surface area contributed by atoms with Crippen LogP contribution in [0.5, 0.6) is 11.5 Å². The SMILES string of the molecule is C[C@@H](Cc1ccc2c(c1)OCO2)CN1C[C@H]2C[C@@H](O)CN2C[C@H]1C. The third kappa shape index (κ3) is 3.25. The van der Waals surface area contributed by atoms with E-state index in [2.05, 4.69) is 35.8 Å². The van der Waals surface area contributed by atoms with Gasteiger partial charge < -0.3 is 14.6 Å². The van der Waals surface area contributed by atoms with Crippen molar-refractivity contribution in [3.8, 4) is 11.5 Å². The zero-order chi connectivity index (χ0) is 16.7. The van der Waals surface area contributed by atoms with E-state index in [1.165, 1.54) is 5.56 Å². The lowest BCUT2D eigenvalue weighted by Crippen LogP contribution is -2.55. The fraction of sp³-hybridized carbons (Fsp3) is 0.684. The number of hydrogen-bond acceptors (Lipinski definition) is 5. The normalized spacial score (nSPS) is 31.2. The van der Waals surface area contributed by atoms with Crippen molar-refractivity contribution < 1.29 is 14.6 Å². The van der Waals surface area contributed by atoms with Crippen LogP contribution in [-0.4, -0.2) is 66.1 Å². The molecule has 24 heavy (non-hydrogen) atoms. The van der Waals surface area contributed by atoms with Gasteiger partial charge in [0.25, 0.3) is 0 Å². The average molecular weight is 332 g/mol. The molecule has 0 saturated carbocycles. The molecule has 1 aromatic rings. The molecule has 2 fully saturated rings. The Morgan fingerprint density at radius 2 is 2.04 bits per heavy atom. The Hall–Kier alpha value is -1.30. The van der Waals surface area contributed by atoms with E-state index in [4.69, 9.17) is 9.47 Å². The first-order valence-electron chi connectivity index (χ1n) is 9.13. The van der Waals surface area contributed by atoms with Crippen molar-refractivity contribution in [1.82, 2.24) is 9.80 Å². The molecule has 3 heterocycles. The highest BCUT2D eigenvalue weighted by atomic mass is 16.7. The minimum atomic E-state index is -0.131. The second kappa shape index (κ2) is 6.54. The molecule has 0 amide bonds. The first kappa shape index (κ1) is 16.2. The van der Waals surface area contributed by atoms with Gasteiger partial charge in [-0.15, -0.1) is 0 Å². The number of piperazine rings is 1. The van der Waals surface area contributed by atoms with E-state index in [1.807, 2.05) is 6.07 Å². The monoisotopic (exact) mass is 332 g/mol. The quantitative estimate of drug-likeness (QED) is 0.910. The molecule has 0 radical (unpaired) electrons. The standard InChI is InChI=1S/C19H28N2O3/c1-13(5-15-3-4-18-19(6-15)24-12-23-18)8-20-10-16-7-17(22)11-21(16)9-14(20)2/h3-4,6,13-14,16-17,22H,5,7-12H2,1-2H3/t13-,14+,16+,17+/m0/s1. The van der Waals surface area contributed by atoms with Crippen LogP contribution in [0.2, 0.25) is 0 Å². The van der Waals surface area contributed by atoms with Crippen molar-refractivity contribution >= 4 is 0 Å². The molecule has 4 rings (SSSR count). The maximum atomic E-state index is 9.90. The summed E-state index contributed by atoms with van der Waals surface area (Å²) < 4.78 is 10.9. The lowest BCUT2D eigenvalue weighted by molar-refractivity contribution is 0.0488. The summed E-state index contributed by atoms with van der Waals surface area (Å²) in [5, 5.41) is 9.90. The predicted octanol–water partition coefficient (Wildman–Crippen LogP) is 1.73. The van der Waals surface area contributed by atoms with Crippen LogP contribution in [-0.2, 0) is 6.42 Å². The van der Waals surface area contributed by atoms with Crippen molar-refractivity contribution in [2.45, 2.75) is 44.9 Å². The second-order valence-corrected chi connectivity index (χ2v) is 7.80. The smallest absolute Gasteiger partial charge is 0.231 e. The van der Waals surface area contributed by atoms with Gasteiger partial charge in [0.05, 0.1) is 6.10 Å². The summed E-state index contributed by atoms with van der Waals surface area (Å²) in [7, 11) is 0. The average Bonchev–Trinajstić information content (AvgIpc) is 3.12. The number of hydrogen-bond donors (Lipinski definition) is 1. The van der Waals surface area contributed by atoms with Gasteiger partial charge in [0.2, 0.25) is 6.79 Å². The van der Waals surface area contributed by atoms with E-state index in [0.717, 1.165) is 50.5 Å². The molecular weight excluding hydrogens is 304 g/mol. The predicted molar refractivity (Wildman–Crippen MR) is 92.5 cm³/mol. The van der Waals surface area contributed by atoms with Crippen LogP contribution in [0, 0.1) is 5.92 Å². The van der Waals surface area contributed by atoms with Crippen molar-refractivity contribution in [1.29, 1.82) is 0 Å². The minimum absolute atomic E-state index is 0.131. The molecule has 5 nitrogen and oxygen atoms in total. The molecule has 2 saturated heterocycles. The molecule has 3 aliphatic rings. The Morgan fingerprint density at radius 1 is 1.21 bits per heavy atom. The van der Waals surface area contributed by atoms with Crippen molar-refractivity contribution in [3.63, 3.8) is 0 Å². The third-order valence-corrected chi connectivity index (χ3v) is 5.64. The third-order valence-electron chi connectivity index (χ3n) is 5.64. The van der Waals surface area contributed by atoms with Gasteiger partial charge in [-0.05, 0) is 43.4 Å². The molecule has 5 heteroatoms. The van der Waals surface area contributed by atoms with E-state index in [9.17, 15) is 5.11 Å². The summed E-state index contributed by atoms with van der Waals surface area (Å²) in [6.45, 7) is 9.11. The highest BCUT2D eigenvalue weighted by Crippen LogP contribution is 2.33. The van der Waals surface area contributed by atoms with Crippen molar-refractivity contribution in [3.05, 3.63) is 23.8 Å². The van der Waals surface area contributed by atoms with Crippen LogP contribution >= 0.6 is 0 Å². The van der Waals surface area contributed by atoms with Crippen LogP contribution in [0.15, 0.2) is 18.2 Å². The molecular formula is C19H28N2O3. The maximum absolute atomic E-state index is 9.90. The number of aliphatic hydroxyl groups is 1. The molecule has 0 unspecified atom stereocenters. The van der Waals surface area contributed by atoms with Gasteiger partial charge in [0.1, 0.15) is 0 Å². The van der Waals surface area contributed by atoms with Gasteiger partial charge in [-0.1, -0.05) is 13.0 Å². The number of aliphatic hydroxyl groups excluding tert-OH is 1. The first-order valence-corrected chi connectivity index (χ1v) is 9.13. The largest absolute Gasteiger partial charge is 0.454 e. The van der Waals surface area contributed by atoms with E-state index < -0.39 is 0 Å². The highest BCUT2D eigenvalue weighted by Gasteiger charge is 2.38. The zero-order valence-electron chi connectivity index (χ0n) is 14.6. The summed E-state index contributed by atoms with van der Waals surface area (Å²) in [6, 6.07) is 7.39. The topological polar surface area (TPSA) is 45.2 Å². The lowest BCUT2D eigenvalue weighted by atomic mass is 9.98. The first-order chi connectivity index (χ1) is 11.6. The second-order valence-electron chi connectivity index (χ2n) is 7.80. The Bertz CT molecular complexity index is 594. The molecule has 0 aliphatic carbocycles. The van der Waals surface area contributed by atoms with Crippen molar-refractivity contribution in [2.24, 2.45) is 5.92 Å². The Morgan fingerprint density at radius 3 is 2.92 bits per heavy atom. The maximum Gasteiger partial charge on any atom is 0.231 e. The zero-order valence-corrected chi connectivity index (χ0v) is 14.6. The summed E-state index contributed by atoms with van der Waals surface area (Å²) in [5.41, 5.74) is 1.31. The van der Waals surface area contributed by atoms with E-state index in [-0.39, 0.29) is 6.10 Å². The summed E-state index contributed by atoms with van der Waals surface area (Å²) in [5.74, 6) is 2.32. The van der Waals surface area contributed by atoms with Crippen LogP contribution < -0.4 is 9.47 Å². The number of fused-ring (bicyclic) bond motifs is 2. The van der Waals surface area contributed by atoms with E-state index in [1.54, 1.807) is 0 Å². The molecule has 1 aromatic carbocycles.